The van der Waals surface area contributed by atoms with E-state index in [0.29, 0.717) is 0 Å². The molecule has 26 heavy (non-hydrogen) atoms. The lowest BCUT2D eigenvalue weighted by atomic mass is 10.1. The summed E-state index contributed by atoms with van der Waals surface area (Å²) in [6, 6.07) is 8.73. The summed E-state index contributed by atoms with van der Waals surface area (Å²) in [4.78, 5) is 19.2. The molecule has 0 aliphatic carbocycles. The second-order valence-electron chi connectivity index (χ2n) is 6.16. The quantitative estimate of drug-likeness (QED) is 0.635. The first-order valence-corrected chi connectivity index (χ1v) is 9.86. The van der Waals surface area contributed by atoms with Crippen molar-refractivity contribution in [1.29, 1.82) is 0 Å². The van der Waals surface area contributed by atoms with Crippen molar-refractivity contribution in [2.75, 3.05) is 57.6 Å². The van der Waals surface area contributed by atoms with E-state index >= 15 is 0 Å². The van der Waals surface area contributed by atoms with Gasteiger partial charge in [0.05, 0.1) is 18.7 Å². The van der Waals surface area contributed by atoms with Crippen molar-refractivity contribution in [2.24, 2.45) is 0 Å². The molecule has 6 nitrogen and oxygen atoms in total. The van der Waals surface area contributed by atoms with Crippen molar-refractivity contribution in [3.8, 4) is 0 Å². The number of aryl methyl sites for hydroxylation is 1. The van der Waals surface area contributed by atoms with Crippen LogP contribution in [0.3, 0.4) is 0 Å². The zero-order valence-electron chi connectivity index (χ0n) is 15.6. The molecule has 0 radical (unpaired) electrons. The number of aromatic nitrogens is 1. The molecule has 7 heteroatoms. The lowest BCUT2D eigenvalue weighted by molar-refractivity contribution is -0.122. The zero-order chi connectivity index (χ0) is 18.9. The van der Waals surface area contributed by atoms with E-state index in [1.54, 1.807) is 11.8 Å². The van der Waals surface area contributed by atoms with Crippen LogP contribution in [-0.4, -0.2) is 74.2 Å². The molecule has 0 unspecified atom stereocenters. The number of morpholine rings is 1. The van der Waals surface area contributed by atoms with Crippen LogP contribution < -0.4 is 4.90 Å². The molecular weight excluding hydrogens is 350 g/mol. The van der Waals surface area contributed by atoms with Crippen LogP contribution in [0.2, 0.25) is 0 Å². The highest BCUT2D eigenvalue weighted by Gasteiger charge is 2.12. The van der Waals surface area contributed by atoms with Crippen LogP contribution in [-0.2, 0) is 9.53 Å². The number of nitrogens with zero attached hydrogens (tertiary/aromatic N) is 3. The van der Waals surface area contributed by atoms with Crippen LogP contribution in [0.4, 0.5) is 5.82 Å². The van der Waals surface area contributed by atoms with Crippen molar-refractivity contribution >= 4 is 35.0 Å². The van der Waals surface area contributed by atoms with Gasteiger partial charge in [-0.1, -0.05) is 6.07 Å². The number of thioether (sulfide) groups is 1. The highest BCUT2D eigenvalue weighted by Crippen LogP contribution is 2.26. The molecule has 1 aliphatic heterocycles. The number of pyridine rings is 1. The number of ether oxygens (including phenoxy) is 1. The van der Waals surface area contributed by atoms with E-state index in [1.165, 1.54) is 15.8 Å². The Morgan fingerprint density at radius 2 is 2.04 bits per heavy atom. The van der Waals surface area contributed by atoms with E-state index in [0.717, 1.165) is 50.7 Å². The molecule has 142 valence electrons. The average molecular weight is 378 g/mol. The molecule has 1 saturated heterocycles. The molecule has 1 fully saturated rings. The molecule has 2 heterocycles. The van der Waals surface area contributed by atoms with Crippen molar-refractivity contribution in [3.63, 3.8) is 0 Å². The molecule has 3 rings (SSSR count). The smallest absolute Gasteiger partial charge is 0.290 e. The second-order valence-corrected chi connectivity index (χ2v) is 7.04. The van der Waals surface area contributed by atoms with Crippen molar-refractivity contribution in [3.05, 3.63) is 29.8 Å². The largest absolute Gasteiger partial charge is 0.483 e. The summed E-state index contributed by atoms with van der Waals surface area (Å²) in [6.45, 7) is 7.75. The van der Waals surface area contributed by atoms with Crippen LogP contribution in [0.1, 0.15) is 5.56 Å². The fourth-order valence-corrected chi connectivity index (χ4v) is 3.35. The third-order valence-corrected chi connectivity index (χ3v) is 5.18. The van der Waals surface area contributed by atoms with E-state index in [1.807, 2.05) is 0 Å². The molecule has 1 aromatic carbocycles. The lowest BCUT2D eigenvalue weighted by Crippen LogP contribution is -2.40. The number of benzene rings is 1. The van der Waals surface area contributed by atoms with Gasteiger partial charge >= 0.3 is 0 Å². The van der Waals surface area contributed by atoms with Gasteiger partial charge < -0.3 is 14.7 Å². The Morgan fingerprint density at radius 3 is 2.69 bits per heavy atom. The Labute approximate surface area is 159 Å². The van der Waals surface area contributed by atoms with Crippen LogP contribution in [0.5, 0.6) is 0 Å². The Kier molecular flexibility index (Phi) is 8.15. The summed E-state index contributed by atoms with van der Waals surface area (Å²) in [5, 5.41) is 8.13. The van der Waals surface area contributed by atoms with Gasteiger partial charge in [0.15, 0.2) is 0 Å². The predicted molar refractivity (Wildman–Crippen MR) is 107 cm³/mol. The topological polar surface area (TPSA) is 65.9 Å². The average Bonchev–Trinajstić information content (AvgIpc) is 2.67. The van der Waals surface area contributed by atoms with Gasteiger partial charge in [0.25, 0.3) is 6.47 Å². The Balaban J connectivity index is 0.000000758. The van der Waals surface area contributed by atoms with E-state index in [2.05, 4.69) is 54.3 Å². The van der Waals surface area contributed by atoms with Gasteiger partial charge in [0, 0.05) is 43.5 Å². The summed E-state index contributed by atoms with van der Waals surface area (Å²) < 4.78 is 5.41. The monoisotopic (exact) mass is 377 g/mol. The fraction of sp³-hybridized carbons (Fsp3) is 0.474. The number of likely N-dealkylation sites (N-methyl/N-ethyl adjacent to an activating group) is 1. The summed E-state index contributed by atoms with van der Waals surface area (Å²) in [6.07, 6.45) is 2.10. The van der Waals surface area contributed by atoms with Crippen LogP contribution >= 0.6 is 11.8 Å². The maximum Gasteiger partial charge on any atom is 0.290 e. The van der Waals surface area contributed by atoms with Crippen LogP contribution in [0.15, 0.2) is 29.2 Å². The number of hydrogen-bond donors (Lipinski definition) is 1. The summed E-state index contributed by atoms with van der Waals surface area (Å²) in [7, 11) is 2.13. The summed E-state index contributed by atoms with van der Waals surface area (Å²) in [5.41, 5.74) is 2.38. The van der Waals surface area contributed by atoms with Crippen molar-refractivity contribution < 1.29 is 14.6 Å². The van der Waals surface area contributed by atoms with Crippen LogP contribution in [0.25, 0.3) is 10.9 Å². The zero-order valence-corrected chi connectivity index (χ0v) is 16.5. The molecule has 0 atom stereocenters. The normalized spacial score (nSPS) is 14.6. The predicted octanol–water partition coefficient (Wildman–Crippen LogP) is 2.73. The van der Waals surface area contributed by atoms with E-state index in [4.69, 9.17) is 19.6 Å². The van der Waals surface area contributed by atoms with Gasteiger partial charge in [-0.15, -0.1) is 11.8 Å². The van der Waals surface area contributed by atoms with E-state index < -0.39 is 0 Å². The minimum Gasteiger partial charge on any atom is -0.483 e. The molecule has 0 spiro atoms. The van der Waals surface area contributed by atoms with Gasteiger partial charge in [-0.2, -0.15) is 0 Å². The maximum atomic E-state index is 8.36. The summed E-state index contributed by atoms with van der Waals surface area (Å²) in [5.74, 6) is 1.06. The minimum absolute atomic E-state index is 0.250. The molecule has 1 aliphatic rings. The number of anilines is 1. The molecule has 1 N–H and O–H groups in total. The standard InChI is InChI=1S/C18H25N3OS.CH2O2/c1-14-12-18(19-17-13-15(23-3)4-5-16(14)17)20(2)6-7-21-8-10-22-11-9-21;2-1-3/h4-5,12-13H,6-11H2,1-3H3;1H,(H,2,3). The van der Waals surface area contributed by atoms with Gasteiger partial charge in [-0.05, 0) is 36.9 Å². The number of hydrogen-bond acceptors (Lipinski definition) is 6. The van der Waals surface area contributed by atoms with Gasteiger partial charge in [-0.25, -0.2) is 4.98 Å². The molecule has 2 aromatic rings. The third kappa shape index (κ3) is 5.59. The van der Waals surface area contributed by atoms with E-state index in [9.17, 15) is 0 Å². The second kappa shape index (κ2) is 10.4. The van der Waals surface area contributed by atoms with Crippen molar-refractivity contribution in [2.45, 2.75) is 11.8 Å². The fourth-order valence-electron chi connectivity index (χ4n) is 2.92. The highest BCUT2D eigenvalue weighted by atomic mass is 32.2. The molecule has 0 amide bonds. The van der Waals surface area contributed by atoms with Crippen molar-refractivity contribution in [1.82, 2.24) is 9.88 Å². The number of carboxylic acid groups (broad SMARTS) is 1. The molecule has 1 aromatic heterocycles. The third-order valence-electron chi connectivity index (χ3n) is 4.46. The van der Waals surface area contributed by atoms with E-state index in [-0.39, 0.29) is 6.47 Å². The first-order chi connectivity index (χ1) is 12.6. The lowest BCUT2D eigenvalue weighted by Gasteiger charge is -2.29. The molecule has 0 bridgehead atoms. The van der Waals surface area contributed by atoms with Gasteiger partial charge in [0.1, 0.15) is 5.82 Å². The van der Waals surface area contributed by atoms with Gasteiger partial charge in [-0.3, -0.25) is 9.69 Å². The SMILES string of the molecule is CSc1ccc2c(C)cc(N(C)CCN3CCOCC3)nc2c1.O=CO. The highest BCUT2D eigenvalue weighted by molar-refractivity contribution is 7.98. The minimum atomic E-state index is -0.250. The first-order valence-electron chi connectivity index (χ1n) is 8.63. The maximum absolute atomic E-state index is 8.36. The van der Waals surface area contributed by atoms with Crippen LogP contribution in [0, 0.1) is 6.92 Å². The Bertz CT molecular complexity index is 720. The number of fused-ring (bicyclic) bond motifs is 1. The summed E-state index contributed by atoms with van der Waals surface area (Å²) >= 11 is 1.76. The molecule has 0 saturated carbocycles. The molecular formula is C19H27N3O3S. The Morgan fingerprint density at radius 1 is 1.35 bits per heavy atom. The number of carbonyl (C=O) groups is 1. The number of rotatable bonds is 5. The Hall–Kier alpha value is -1.83. The van der Waals surface area contributed by atoms with Gasteiger partial charge in [0.2, 0.25) is 0 Å². The first kappa shape index (κ1) is 20.5.